The molecule has 1 aliphatic heterocycles. The van der Waals surface area contributed by atoms with Gasteiger partial charge in [0.2, 0.25) is 5.75 Å². The van der Waals surface area contributed by atoms with Gasteiger partial charge in [-0.1, -0.05) is 37.8 Å². The summed E-state index contributed by atoms with van der Waals surface area (Å²) in [6.07, 6.45) is 1.87. The highest BCUT2D eigenvalue weighted by Crippen LogP contribution is 2.40. The number of nitrogens with zero attached hydrogens (tertiary/aromatic N) is 1. The summed E-state index contributed by atoms with van der Waals surface area (Å²) in [7, 11) is 2.81. The van der Waals surface area contributed by atoms with Crippen LogP contribution in [0.5, 0.6) is 17.2 Å². The number of thiocarbonyl (C=S) groups is 1. The molecule has 7 nitrogen and oxygen atoms in total. The monoisotopic (exact) mass is 411 g/mol. The van der Waals surface area contributed by atoms with Gasteiger partial charge in [0.1, 0.15) is 10.4 Å². The number of rotatable bonds is 7. The molecule has 0 saturated carbocycles. The first-order valence-corrected chi connectivity index (χ1v) is 9.36. The summed E-state index contributed by atoms with van der Waals surface area (Å²) >= 11 is 6.29. The Bertz CT molecular complexity index is 780. The first-order chi connectivity index (χ1) is 12.7. The molecule has 9 heteroatoms. The van der Waals surface area contributed by atoms with Crippen molar-refractivity contribution in [1.82, 2.24) is 4.90 Å². The molecule has 1 saturated heterocycles. The van der Waals surface area contributed by atoms with Crippen molar-refractivity contribution in [2.75, 3.05) is 14.2 Å². The van der Waals surface area contributed by atoms with Gasteiger partial charge >= 0.3 is 5.97 Å². The lowest BCUT2D eigenvalue weighted by atomic mass is 10.0. The third-order valence-corrected chi connectivity index (χ3v) is 5.25. The van der Waals surface area contributed by atoms with Crippen molar-refractivity contribution < 1.29 is 29.3 Å². The molecule has 0 radical (unpaired) electrons. The molecule has 2 N–H and O–H groups in total. The third-order valence-electron chi connectivity index (χ3n) is 3.91. The lowest BCUT2D eigenvalue weighted by molar-refractivity contribution is -0.145. The molecular formula is C18H21NO6S2. The maximum absolute atomic E-state index is 12.8. The van der Waals surface area contributed by atoms with Crippen LogP contribution in [0, 0.1) is 5.92 Å². The Labute approximate surface area is 166 Å². The fourth-order valence-corrected chi connectivity index (χ4v) is 4.02. The summed E-state index contributed by atoms with van der Waals surface area (Å²) in [5, 5.41) is 19.5. The van der Waals surface area contributed by atoms with E-state index in [0.717, 1.165) is 16.7 Å². The van der Waals surface area contributed by atoms with Crippen molar-refractivity contribution in [1.29, 1.82) is 0 Å². The van der Waals surface area contributed by atoms with E-state index in [-0.39, 0.29) is 27.5 Å². The van der Waals surface area contributed by atoms with Gasteiger partial charge in [-0.2, -0.15) is 0 Å². The highest BCUT2D eigenvalue weighted by atomic mass is 32.2. The van der Waals surface area contributed by atoms with Crippen LogP contribution in [0.15, 0.2) is 17.0 Å². The minimum atomic E-state index is -1.09. The molecule has 1 aromatic carbocycles. The molecule has 1 heterocycles. The normalized spacial score (nSPS) is 16.9. The Balaban J connectivity index is 2.40. The van der Waals surface area contributed by atoms with Crippen LogP contribution in [0.25, 0.3) is 6.08 Å². The number of aliphatic carboxylic acids is 1. The summed E-state index contributed by atoms with van der Waals surface area (Å²) in [6.45, 7) is 3.77. The van der Waals surface area contributed by atoms with Crippen LogP contribution in [0.1, 0.15) is 25.8 Å². The molecule has 1 unspecified atom stereocenters. The van der Waals surface area contributed by atoms with Crippen LogP contribution in [0.2, 0.25) is 0 Å². The number of ether oxygens (including phenoxy) is 2. The number of amides is 1. The highest BCUT2D eigenvalue weighted by molar-refractivity contribution is 8.26. The fraction of sp³-hybridized carbons (Fsp3) is 0.389. The number of benzene rings is 1. The topological polar surface area (TPSA) is 96.3 Å². The van der Waals surface area contributed by atoms with Gasteiger partial charge in [-0.05, 0) is 36.1 Å². The molecule has 1 fully saturated rings. The van der Waals surface area contributed by atoms with Gasteiger partial charge in [-0.3, -0.25) is 9.69 Å². The van der Waals surface area contributed by atoms with Gasteiger partial charge in [-0.25, -0.2) is 4.79 Å². The highest BCUT2D eigenvalue weighted by Gasteiger charge is 2.40. The molecule has 27 heavy (non-hydrogen) atoms. The average molecular weight is 412 g/mol. The van der Waals surface area contributed by atoms with Crippen molar-refractivity contribution in [3.05, 3.63) is 22.6 Å². The van der Waals surface area contributed by atoms with Gasteiger partial charge in [-0.15, -0.1) is 0 Å². The maximum Gasteiger partial charge on any atom is 0.326 e. The predicted octanol–water partition coefficient (Wildman–Crippen LogP) is 3.11. The van der Waals surface area contributed by atoms with E-state index < -0.39 is 17.9 Å². The lowest BCUT2D eigenvalue weighted by Crippen LogP contribution is -2.44. The number of carbonyl (C=O) groups is 2. The zero-order chi connectivity index (χ0) is 20.3. The van der Waals surface area contributed by atoms with Crippen molar-refractivity contribution in [3.63, 3.8) is 0 Å². The second kappa shape index (κ2) is 8.62. The van der Waals surface area contributed by atoms with Crippen molar-refractivity contribution in [3.8, 4) is 17.2 Å². The molecule has 0 aliphatic carbocycles. The largest absolute Gasteiger partial charge is 0.502 e. The molecule has 1 amide bonds. The molecule has 1 aliphatic rings. The molecule has 0 spiro atoms. The quantitative estimate of drug-likeness (QED) is 0.522. The Hall–Kier alpha value is -2.26. The standard InChI is InChI=1S/C18H21NO6S2/c1-9(2)5-11(17(22)23)19-16(21)14(27-18(19)26)8-10-6-12(24-3)15(20)13(7-10)25-4/h6-9,11,20H,5H2,1-4H3,(H,22,23). The number of aromatic hydroxyl groups is 1. The SMILES string of the molecule is COc1cc(C=C2SC(=S)N(C(CC(C)C)C(=O)O)C2=O)cc(OC)c1O. The summed E-state index contributed by atoms with van der Waals surface area (Å²) in [6, 6.07) is 2.09. The average Bonchev–Trinajstić information content (AvgIpc) is 2.87. The Morgan fingerprint density at radius 2 is 1.85 bits per heavy atom. The summed E-state index contributed by atoms with van der Waals surface area (Å²) in [4.78, 5) is 25.9. The summed E-state index contributed by atoms with van der Waals surface area (Å²) in [5.74, 6) is -1.21. The number of thioether (sulfide) groups is 1. The number of methoxy groups -OCH3 is 2. The smallest absolute Gasteiger partial charge is 0.326 e. The molecule has 1 aromatic rings. The summed E-state index contributed by atoms with van der Waals surface area (Å²) < 4.78 is 10.4. The van der Waals surface area contributed by atoms with Gasteiger partial charge in [0.05, 0.1) is 19.1 Å². The molecule has 2 rings (SSSR count). The van der Waals surface area contributed by atoms with E-state index >= 15 is 0 Å². The van der Waals surface area contributed by atoms with Gasteiger partial charge in [0, 0.05) is 0 Å². The molecule has 146 valence electrons. The minimum Gasteiger partial charge on any atom is -0.502 e. The van der Waals surface area contributed by atoms with Crippen LogP contribution in [-0.2, 0) is 9.59 Å². The van der Waals surface area contributed by atoms with Crippen molar-refractivity contribution in [2.45, 2.75) is 26.3 Å². The number of carboxylic acid groups (broad SMARTS) is 1. The zero-order valence-electron chi connectivity index (χ0n) is 15.4. The summed E-state index contributed by atoms with van der Waals surface area (Å²) in [5.41, 5.74) is 0.553. The second-order valence-corrected chi connectivity index (χ2v) is 7.99. The molecular weight excluding hydrogens is 390 g/mol. The van der Waals surface area contributed by atoms with E-state index in [2.05, 4.69) is 0 Å². The van der Waals surface area contributed by atoms with Gasteiger partial charge in [0.25, 0.3) is 5.91 Å². The molecule has 0 bridgehead atoms. The number of hydrogen-bond acceptors (Lipinski definition) is 7. The van der Waals surface area contributed by atoms with Crippen LogP contribution >= 0.6 is 24.0 Å². The van der Waals surface area contributed by atoms with E-state index in [1.54, 1.807) is 18.2 Å². The Morgan fingerprint density at radius 3 is 2.30 bits per heavy atom. The van der Waals surface area contributed by atoms with E-state index in [4.69, 9.17) is 21.7 Å². The van der Waals surface area contributed by atoms with Crippen LogP contribution in [-0.4, -0.2) is 51.6 Å². The fourth-order valence-electron chi connectivity index (χ4n) is 2.66. The second-order valence-electron chi connectivity index (χ2n) is 6.31. The van der Waals surface area contributed by atoms with E-state index in [0.29, 0.717) is 16.9 Å². The van der Waals surface area contributed by atoms with E-state index in [1.807, 2.05) is 13.8 Å². The third kappa shape index (κ3) is 4.54. The lowest BCUT2D eigenvalue weighted by Gasteiger charge is -2.24. The van der Waals surface area contributed by atoms with E-state index in [9.17, 15) is 19.8 Å². The first kappa shape index (κ1) is 21.0. The number of hydrogen-bond donors (Lipinski definition) is 2. The van der Waals surface area contributed by atoms with Crippen LogP contribution in [0.4, 0.5) is 0 Å². The van der Waals surface area contributed by atoms with Crippen LogP contribution in [0.3, 0.4) is 0 Å². The van der Waals surface area contributed by atoms with Gasteiger partial charge in [0.15, 0.2) is 11.5 Å². The number of carboxylic acids is 1. The van der Waals surface area contributed by atoms with Crippen molar-refractivity contribution >= 4 is 46.3 Å². The molecule has 1 atom stereocenters. The Kier molecular flexibility index (Phi) is 6.72. The zero-order valence-corrected chi connectivity index (χ0v) is 17.0. The molecule has 0 aromatic heterocycles. The first-order valence-electron chi connectivity index (χ1n) is 8.14. The van der Waals surface area contributed by atoms with Crippen molar-refractivity contribution in [2.24, 2.45) is 5.92 Å². The maximum atomic E-state index is 12.8. The van der Waals surface area contributed by atoms with E-state index in [1.165, 1.54) is 14.2 Å². The predicted molar refractivity (Wildman–Crippen MR) is 107 cm³/mol. The van der Waals surface area contributed by atoms with Crippen LogP contribution < -0.4 is 9.47 Å². The Morgan fingerprint density at radius 1 is 1.30 bits per heavy atom. The number of phenols is 1. The number of phenolic OH excluding ortho intramolecular Hbond substituents is 1. The van der Waals surface area contributed by atoms with Gasteiger partial charge < -0.3 is 19.7 Å². The minimum absolute atomic E-state index is 0.0883. The number of carbonyl (C=O) groups excluding carboxylic acids is 1.